The van der Waals surface area contributed by atoms with Gasteiger partial charge >= 0.3 is 0 Å². The Morgan fingerprint density at radius 3 is 2.50 bits per heavy atom. The Kier molecular flexibility index (Phi) is 1.19. The topological polar surface area (TPSA) is 0 Å². The van der Waals surface area contributed by atoms with Gasteiger partial charge in [-0.15, -0.1) is 0 Å². The second-order valence-electron chi connectivity index (χ2n) is 4.57. The zero-order valence-corrected chi connectivity index (χ0v) is 7.35. The summed E-state index contributed by atoms with van der Waals surface area (Å²) < 4.78 is 0. The third-order valence-electron chi connectivity index (χ3n) is 4.10. The molecule has 10 heavy (non-hydrogen) atoms. The van der Waals surface area contributed by atoms with Gasteiger partial charge in [-0.25, -0.2) is 0 Å². The molecule has 0 aromatic rings. The van der Waals surface area contributed by atoms with E-state index in [1.165, 1.54) is 19.3 Å². The van der Waals surface area contributed by atoms with E-state index < -0.39 is 0 Å². The minimum absolute atomic E-state index is 0.819. The molecule has 0 spiro atoms. The van der Waals surface area contributed by atoms with E-state index >= 15 is 0 Å². The van der Waals surface area contributed by atoms with Crippen molar-refractivity contribution in [3.05, 3.63) is 0 Å². The molecule has 2 aliphatic carbocycles. The molecule has 0 saturated heterocycles. The highest BCUT2D eigenvalue weighted by Crippen LogP contribution is 2.75. The maximum atomic E-state index is 2.47. The minimum Gasteiger partial charge on any atom is -0.0654 e. The SMILES string of the molecule is CCCC1CC2(C)C(C)C12. The summed E-state index contributed by atoms with van der Waals surface area (Å²) in [4.78, 5) is 0. The van der Waals surface area contributed by atoms with E-state index in [0.717, 1.165) is 23.2 Å². The molecule has 2 fully saturated rings. The molecule has 0 nitrogen and oxygen atoms in total. The van der Waals surface area contributed by atoms with E-state index in [2.05, 4.69) is 20.8 Å². The highest BCUT2D eigenvalue weighted by Gasteiger charge is 2.68. The normalized spacial score (nSPS) is 57.3. The number of hydrogen-bond donors (Lipinski definition) is 0. The Hall–Kier alpha value is 0. The van der Waals surface area contributed by atoms with Gasteiger partial charge in [0, 0.05) is 0 Å². The Morgan fingerprint density at radius 1 is 1.50 bits per heavy atom. The molecule has 58 valence electrons. The van der Waals surface area contributed by atoms with Gasteiger partial charge < -0.3 is 0 Å². The van der Waals surface area contributed by atoms with Gasteiger partial charge in [0.25, 0.3) is 0 Å². The van der Waals surface area contributed by atoms with Crippen molar-refractivity contribution in [1.29, 1.82) is 0 Å². The summed E-state index contributed by atoms with van der Waals surface area (Å²) >= 11 is 0. The Morgan fingerprint density at radius 2 is 2.20 bits per heavy atom. The lowest BCUT2D eigenvalue weighted by molar-refractivity contribution is 0.184. The van der Waals surface area contributed by atoms with Crippen molar-refractivity contribution < 1.29 is 0 Å². The van der Waals surface area contributed by atoms with Crippen molar-refractivity contribution in [2.45, 2.75) is 40.0 Å². The van der Waals surface area contributed by atoms with Crippen LogP contribution >= 0.6 is 0 Å². The molecule has 0 aromatic heterocycles. The third-order valence-corrected chi connectivity index (χ3v) is 4.10. The predicted molar refractivity (Wildman–Crippen MR) is 43.8 cm³/mol. The van der Waals surface area contributed by atoms with Crippen LogP contribution in [-0.2, 0) is 0 Å². The van der Waals surface area contributed by atoms with Crippen LogP contribution in [0.2, 0.25) is 0 Å². The Balaban J connectivity index is 1.89. The summed E-state index contributed by atoms with van der Waals surface area (Å²) in [5, 5.41) is 0. The van der Waals surface area contributed by atoms with Crippen LogP contribution in [0.25, 0.3) is 0 Å². The molecular weight excluding hydrogens is 120 g/mol. The molecule has 2 rings (SSSR count). The van der Waals surface area contributed by atoms with Crippen LogP contribution in [0.15, 0.2) is 0 Å². The third kappa shape index (κ3) is 0.580. The van der Waals surface area contributed by atoms with Crippen molar-refractivity contribution in [3.63, 3.8) is 0 Å². The summed E-state index contributed by atoms with van der Waals surface area (Å²) in [5.41, 5.74) is 0.819. The molecule has 0 amide bonds. The molecule has 0 radical (unpaired) electrons. The first kappa shape index (κ1) is 6.69. The monoisotopic (exact) mass is 138 g/mol. The smallest absolute Gasteiger partial charge is 0.0261 e. The van der Waals surface area contributed by atoms with E-state index in [0.29, 0.717) is 0 Å². The lowest BCUT2D eigenvalue weighted by atomic mass is 9.74. The van der Waals surface area contributed by atoms with E-state index in [9.17, 15) is 0 Å². The van der Waals surface area contributed by atoms with E-state index in [4.69, 9.17) is 0 Å². The molecule has 2 saturated carbocycles. The standard InChI is InChI=1S/C10H18/c1-4-5-8-6-10(3)7(2)9(8)10/h7-9H,4-6H2,1-3H3. The van der Waals surface area contributed by atoms with Crippen molar-refractivity contribution in [2.24, 2.45) is 23.2 Å². The van der Waals surface area contributed by atoms with E-state index in [1.54, 1.807) is 0 Å². The zero-order valence-electron chi connectivity index (χ0n) is 7.35. The average Bonchev–Trinajstić information content (AvgIpc) is 2.25. The first-order chi connectivity index (χ1) is 4.70. The summed E-state index contributed by atoms with van der Waals surface area (Å²) in [6.07, 6.45) is 4.42. The summed E-state index contributed by atoms with van der Waals surface area (Å²) in [6.45, 7) is 7.21. The molecule has 0 aromatic carbocycles. The van der Waals surface area contributed by atoms with Crippen molar-refractivity contribution in [3.8, 4) is 0 Å². The van der Waals surface area contributed by atoms with Gasteiger partial charge in [0.1, 0.15) is 0 Å². The first-order valence-electron chi connectivity index (χ1n) is 4.70. The zero-order chi connectivity index (χ0) is 7.35. The molecule has 0 aliphatic heterocycles. The molecule has 2 aliphatic rings. The van der Waals surface area contributed by atoms with Crippen molar-refractivity contribution in [2.75, 3.05) is 0 Å². The second kappa shape index (κ2) is 1.78. The fraction of sp³-hybridized carbons (Fsp3) is 1.00. The fourth-order valence-electron chi connectivity index (χ4n) is 3.29. The lowest BCUT2D eigenvalue weighted by Crippen LogP contribution is -2.22. The molecule has 0 heteroatoms. The summed E-state index contributed by atoms with van der Waals surface area (Å²) in [6, 6.07) is 0. The molecule has 0 bridgehead atoms. The molecular formula is C10H18. The maximum Gasteiger partial charge on any atom is -0.0261 e. The fourth-order valence-corrected chi connectivity index (χ4v) is 3.29. The van der Waals surface area contributed by atoms with Crippen LogP contribution in [0.3, 0.4) is 0 Å². The highest BCUT2D eigenvalue weighted by atomic mass is 14.7. The van der Waals surface area contributed by atoms with Gasteiger partial charge in [0.2, 0.25) is 0 Å². The van der Waals surface area contributed by atoms with Gasteiger partial charge in [-0.1, -0.05) is 33.6 Å². The number of rotatable bonds is 2. The van der Waals surface area contributed by atoms with Crippen LogP contribution in [0.4, 0.5) is 0 Å². The van der Waals surface area contributed by atoms with E-state index in [-0.39, 0.29) is 0 Å². The van der Waals surface area contributed by atoms with E-state index in [1.807, 2.05) is 0 Å². The molecule has 4 unspecified atom stereocenters. The van der Waals surface area contributed by atoms with Crippen LogP contribution in [0.5, 0.6) is 0 Å². The Bertz CT molecular complexity index is 150. The maximum absolute atomic E-state index is 2.47. The molecule has 0 heterocycles. The lowest BCUT2D eigenvalue weighted by Gasteiger charge is -2.31. The van der Waals surface area contributed by atoms with Gasteiger partial charge in [-0.3, -0.25) is 0 Å². The van der Waals surface area contributed by atoms with Crippen molar-refractivity contribution in [1.82, 2.24) is 0 Å². The number of fused-ring (bicyclic) bond motifs is 1. The van der Waals surface area contributed by atoms with Gasteiger partial charge in [-0.2, -0.15) is 0 Å². The van der Waals surface area contributed by atoms with Crippen molar-refractivity contribution >= 4 is 0 Å². The van der Waals surface area contributed by atoms with Crippen LogP contribution < -0.4 is 0 Å². The second-order valence-corrected chi connectivity index (χ2v) is 4.57. The predicted octanol–water partition coefficient (Wildman–Crippen LogP) is 3.08. The summed E-state index contributed by atoms with van der Waals surface area (Å²) in [5.74, 6) is 3.31. The Labute approximate surface area is 64.0 Å². The van der Waals surface area contributed by atoms with Crippen LogP contribution in [0.1, 0.15) is 40.0 Å². The van der Waals surface area contributed by atoms with Gasteiger partial charge in [-0.05, 0) is 29.6 Å². The quantitative estimate of drug-likeness (QED) is 0.550. The van der Waals surface area contributed by atoms with Gasteiger partial charge in [0.15, 0.2) is 0 Å². The van der Waals surface area contributed by atoms with Gasteiger partial charge in [0.05, 0.1) is 0 Å². The largest absolute Gasteiger partial charge is 0.0654 e. The average molecular weight is 138 g/mol. The van der Waals surface area contributed by atoms with Crippen LogP contribution in [-0.4, -0.2) is 0 Å². The summed E-state index contributed by atoms with van der Waals surface area (Å²) in [7, 11) is 0. The highest BCUT2D eigenvalue weighted by molar-refractivity contribution is 5.17. The molecule has 4 atom stereocenters. The number of hydrogen-bond acceptors (Lipinski definition) is 0. The van der Waals surface area contributed by atoms with Crippen LogP contribution in [0, 0.1) is 23.2 Å². The minimum atomic E-state index is 0.819. The molecule has 0 N–H and O–H groups in total. The first-order valence-corrected chi connectivity index (χ1v) is 4.70.